The highest BCUT2D eigenvalue weighted by atomic mass is 127. The summed E-state index contributed by atoms with van der Waals surface area (Å²) in [6.07, 6.45) is 2.52. The van der Waals surface area contributed by atoms with Crippen LogP contribution in [0.3, 0.4) is 0 Å². The Labute approximate surface area is 151 Å². The molecule has 1 aromatic rings. The Bertz CT molecular complexity index is 513. The predicted octanol–water partition coefficient (Wildman–Crippen LogP) is 3.23. The third-order valence-electron chi connectivity index (χ3n) is 4.23. The van der Waals surface area contributed by atoms with E-state index in [2.05, 4.69) is 60.9 Å². The minimum Gasteiger partial charge on any atom is -0.378 e. The molecule has 1 unspecified atom stereocenters. The molecule has 0 aromatic heterocycles. The lowest BCUT2D eigenvalue weighted by Crippen LogP contribution is -2.43. The molecule has 22 heavy (non-hydrogen) atoms. The van der Waals surface area contributed by atoms with Gasteiger partial charge < -0.3 is 15.5 Å². The second-order valence-corrected chi connectivity index (χ2v) is 6.37. The van der Waals surface area contributed by atoms with Gasteiger partial charge in [-0.25, -0.2) is 4.99 Å². The van der Waals surface area contributed by atoms with Crippen LogP contribution in [0.5, 0.6) is 0 Å². The topological polar surface area (TPSA) is 44.9 Å². The normalized spacial score (nSPS) is 18.8. The molecule has 0 aliphatic carbocycles. The molecule has 1 saturated heterocycles. The van der Waals surface area contributed by atoms with Crippen molar-refractivity contribution in [3.05, 3.63) is 29.3 Å². The molecule has 0 spiro atoms. The highest BCUT2D eigenvalue weighted by Crippen LogP contribution is 2.19. The van der Waals surface area contributed by atoms with Gasteiger partial charge in [0.1, 0.15) is 0 Å². The number of nitrogens with zero attached hydrogens (tertiary/aromatic N) is 3. The monoisotopic (exact) mass is 416 g/mol. The Morgan fingerprint density at radius 3 is 2.73 bits per heavy atom. The predicted molar refractivity (Wildman–Crippen MR) is 106 cm³/mol. The lowest BCUT2D eigenvalue weighted by molar-refractivity contribution is 0.270. The van der Waals surface area contributed by atoms with E-state index >= 15 is 0 Å². The Kier molecular flexibility index (Phi) is 7.45. The van der Waals surface area contributed by atoms with Crippen molar-refractivity contribution in [2.75, 3.05) is 32.1 Å². The second-order valence-electron chi connectivity index (χ2n) is 6.37. The first-order valence-corrected chi connectivity index (χ1v) is 7.79. The van der Waals surface area contributed by atoms with Crippen molar-refractivity contribution in [2.45, 2.75) is 33.2 Å². The fourth-order valence-corrected chi connectivity index (χ4v) is 2.80. The number of aryl methyl sites for hydroxylation is 1. The van der Waals surface area contributed by atoms with Crippen molar-refractivity contribution < 1.29 is 0 Å². The van der Waals surface area contributed by atoms with Crippen LogP contribution in [0.1, 0.15) is 30.9 Å². The summed E-state index contributed by atoms with van der Waals surface area (Å²) in [6.45, 7) is 7.16. The van der Waals surface area contributed by atoms with Gasteiger partial charge in [0.05, 0.1) is 6.54 Å². The summed E-state index contributed by atoms with van der Waals surface area (Å²) in [5, 5.41) is 0. The van der Waals surface area contributed by atoms with Crippen LogP contribution in [0.25, 0.3) is 0 Å². The summed E-state index contributed by atoms with van der Waals surface area (Å²) in [4.78, 5) is 8.93. The molecule has 0 amide bonds. The van der Waals surface area contributed by atoms with Gasteiger partial charge in [-0.1, -0.05) is 13.0 Å². The van der Waals surface area contributed by atoms with E-state index in [0.29, 0.717) is 18.4 Å². The van der Waals surface area contributed by atoms with Crippen molar-refractivity contribution in [2.24, 2.45) is 16.6 Å². The van der Waals surface area contributed by atoms with Crippen molar-refractivity contribution >= 4 is 35.6 Å². The fraction of sp³-hybridized carbons (Fsp3) is 0.588. The number of halogens is 1. The second kappa shape index (κ2) is 8.60. The van der Waals surface area contributed by atoms with Crippen molar-refractivity contribution in [3.8, 4) is 0 Å². The van der Waals surface area contributed by atoms with Gasteiger partial charge in [-0.05, 0) is 48.9 Å². The van der Waals surface area contributed by atoms with Crippen LogP contribution in [0.4, 0.5) is 5.69 Å². The summed E-state index contributed by atoms with van der Waals surface area (Å²) in [5.74, 6) is 1.41. The molecule has 5 heteroatoms. The molecule has 0 bridgehead atoms. The van der Waals surface area contributed by atoms with E-state index in [9.17, 15) is 0 Å². The first-order valence-electron chi connectivity index (χ1n) is 7.79. The number of guanidine groups is 1. The third kappa shape index (κ3) is 5.04. The van der Waals surface area contributed by atoms with Gasteiger partial charge in [0.25, 0.3) is 0 Å². The highest BCUT2D eigenvalue weighted by molar-refractivity contribution is 14.0. The average molecular weight is 416 g/mol. The smallest absolute Gasteiger partial charge is 0.191 e. The molecule has 2 rings (SSSR count). The average Bonchev–Trinajstić information content (AvgIpc) is 2.45. The van der Waals surface area contributed by atoms with Gasteiger partial charge in [-0.15, -0.1) is 24.0 Å². The van der Waals surface area contributed by atoms with Crippen LogP contribution < -0.4 is 10.6 Å². The van der Waals surface area contributed by atoms with Gasteiger partial charge >= 0.3 is 0 Å². The number of piperidine rings is 1. The molecule has 0 saturated carbocycles. The summed E-state index contributed by atoms with van der Waals surface area (Å²) >= 11 is 0. The number of rotatable bonds is 3. The highest BCUT2D eigenvalue weighted by Gasteiger charge is 2.17. The van der Waals surface area contributed by atoms with Crippen molar-refractivity contribution in [1.82, 2.24) is 4.90 Å². The van der Waals surface area contributed by atoms with E-state index in [-0.39, 0.29) is 24.0 Å². The Morgan fingerprint density at radius 1 is 1.41 bits per heavy atom. The van der Waals surface area contributed by atoms with Gasteiger partial charge in [0, 0.05) is 32.9 Å². The third-order valence-corrected chi connectivity index (χ3v) is 4.23. The van der Waals surface area contributed by atoms with E-state index < -0.39 is 0 Å². The molecule has 4 nitrogen and oxygen atoms in total. The molecule has 1 fully saturated rings. The lowest BCUT2D eigenvalue weighted by Gasteiger charge is -2.31. The zero-order valence-electron chi connectivity index (χ0n) is 14.2. The molecule has 1 aliphatic rings. The number of aliphatic imine (C=N–C) groups is 1. The first kappa shape index (κ1) is 19.1. The number of anilines is 1. The first-order chi connectivity index (χ1) is 9.97. The Morgan fingerprint density at radius 2 is 2.14 bits per heavy atom. The number of nitrogens with two attached hydrogens (primary N) is 1. The molecule has 1 atom stereocenters. The number of hydrogen-bond acceptors (Lipinski definition) is 2. The van der Waals surface area contributed by atoms with Crippen LogP contribution >= 0.6 is 24.0 Å². The molecule has 1 heterocycles. The van der Waals surface area contributed by atoms with Crippen LogP contribution in [0, 0.1) is 12.8 Å². The fourth-order valence-electron chi connectivity index (χ4n) is 2.80. The van der Waals surface area contributed by atoms with Gasteiger partial charge in [-0.3, -0.25) is 0 Å². The lowest BCUT2D eigenvalue weighted by atomic mass is 10.0. The van der Waals surface area contributed by atoms with Crippen molar-refractivity contribution in [3.63, 3.8) is 0 Å². The van der Waals surface area contributed by atoms with E-state index in [1.807, 2.05) is 0 Å². The number of benzene rings is 1. The zero-order valence-corrected chi connectivity index (χ0v) is 16.5. The van der Waals surface area contributed by atoms with E-state index in [4.69, 9.17) is 5.73 Å². The van der Waals surface area contributed by atoms with Crippen molar-refractivity contribution in [1.29, 1.82) is 0 Å². The summed E-state index contributed by atoms with van der Waals surface area (Å²) in [7, 11) is 4.12. The van der Waals surface area contributed by atoms with Crippen LogP contribution in [-0.2, 0) is 6.54 Å². The number of likely N-dealkylation sites (tertiary alicyclic amines) is 1. The minimum absolute atomic E-state index is 0. The number of hydrogen-bond donors (Lipinski definition) is 1. The zero-order chi connectivity index (χ0) is 15.4. The van der Waals surface area contributed by atoms with E-state index in [1.54, 1.807) is 0 Å². The SMILES string of the molecule is Cc1cc(N(C)C)ccc1CN=C(N)N1CCCC(C)C1.I. The van der Waals surface area contributed by atoms with E-state index in [1.165, 1.54) is 29.7 Å². The minimum atomic E-state index is 0. The molecule has 1 aliphatic heterocycles. The van der Waals surface area contributed by atoms with E-state index in [0.717, 1.165) is 13.1 Å². The Hall–Kier alpha value is -0.980. The standard InChI is InChI=1S/C17H28N4.HI/c1-13-6-5-9-21(12-13)17(18)19-11-15-7-8-16(20(3)4)10-14(15)2;/h7-8,10,13H,5-6,9,11-12H2,1-4H3,(H2,18,19);1H. The van der Waals surface area contributed by atoms with Gasteiger partial charge in [0.2, 0.25) is 0 Å². The molecule has 2 N–H and O–H groups in total. The Balaban J connectivity index is 0.00000242. The maximum absolute atomic E-state index is 6.15. The quantitative estimate of drug-likeness (QED) is 0.468. The molecule has 0 radical (unpaired) electrons. The summed E-state index contributed by atoms with van der Waals surface area (Å²) in [5.41, 5.74) is 9.89. The van der Waals surface area contributed by atoms with Crippen LogP contribution in [0.15, 0.2) is 23.2 Å². The van der Waals surface area contributed by atoms with Gasteiger partial charge in [-0.2, -0.15) is 0 Å². The summed E-state index contributed by atoms with van der Waals surface area (Å²) < 4.78 is 0. The maximum atomic E-state index is 6.15. The maximum Gasteiger partial charge on any atom is 0.191 e. The molecule has 124 valence electrons. The van der Waals surface area contributed by atoms with Crippen LogP contribution in [0.2, 0.25) is 0 Å². The molecular formula is C17H29IN4. The molecule has 1 aromatic carbocycles. The molecular weight excluding hydrogens is 387 g/mol. The van der Waals surface area contributed by atoms with Crippen LogP contribution in [-0.4, -0.2) is 38.0 Å². The largest absolute Gasteiger partial charge is 0.378 e. The summed E-state index contributed by atoms with van der Waals surface area (Å²) in [6, 6.07) is 6.49. The van der Waals surface area contributed by atoms with Gasteiger partial charge in [0.15, 0.2) is 5.96 Å².